The lowest BCUT2D eigenvalue weighted by Crippen LogP contribution is -2.25. The summed E-state index contributed by atoms with van der Waals surface area (Å²) in [6, 6.07) is 4.29. The van der Waals surface area contributed by atoms with Gasteiger partial charge in [-0.25, -0.2) is 9.97 Å². The number of nitrogens with zero attached hydrogens (tertiary/aromatic N) is 3. The van der Waals surface area contributed by atoms with Crippen molar-refractivity contribution in [2.75, 3.05) is 50.2 Å². The maximum atomic E-state index is 6.22. The largest absolute Gasteiger partial charge is 0.493 e. The van der Waals surface area contributed by atoms with Crippen molar-refractivity contribution in [3.63, 3.8) is 0 Å². The van der Waals surface area contributed by atoms with Crippen LogP contribution in [0.4, 0.5) is 5.82 Å². The van der Waals surface area contributed by atoms with E-state index in [0.29, 0.717) is 24.1 Å². The van der Waals surface area contributed by atoms with Gasteiger partial charge in [-0.3, -0.25) is 0 Å². The molecule has 0 aliphatic carbocycles. The molecule has 2 aliphatic heterocycles. The van der Waals surface area contributed by atoms with Crippen molar-refractivity contribution in [2.24, 2.45) is 0 Å². The van der Waals surface area contributed by atoms with Crippen LogP contribution in [0.1, 0.15) is 32.1 Å². The number of ether oxygens (including phenoxy) is 2. The Kier molecular flexibility index (Phi) is 7.21. The van der Waals surface area contributed by atoms with Gasteiger partial charge in [0.2, 0.25) is 5.28 Å². The molecule has 8 heteroatoms. The molecule has 2 aliphatic rings. The number of benzene rings is 1. The van der Waals surface area contributed by atoms with Gasteiger partial charge in [-0.1, -0.05) is 0 Å². The standard InChI is InChI=1S/C21H29ClN4O2S/c1-27-18-13-16-17(14-19(18)28-10-4-9-26-7-2-3-8-26)24-21(22)25-20(16)23-15-5-11-29-12-6-15/h13-15H,2-12H2,1H3,(H,23,24,25). The first-order valence-corrected chi connectivity index (χ1v) is 12.0. The monoisotopic (exact) mass is 436 g/mol. The second kappa shape index (κ2) is 10.0. The van der Waals surface area contributed by atoms with Gasteiger partial charge in [0, 0.05) is 24.0 Å². The summed E-state index contributed by atoms with van der Waals surface area (Å²) in [5.41, 5.74) is 0.771. The Hall–Kier alpha value is -1.44. The van der Waals surface area contributed by atoms with E-state index in [0.717, 1.165) is 42.5 Å². The molecule has 2 saturated heterocycles. The van der Waals surface area contributed by atoms with Crippen molar-refractivity contribution in [1.29, 1.82) is 0 Å². The zero-order valence-electron chi connectivity index (χ0n) is 17.0. The third kappa shape index (κ3) is 5.38. The molecule has 0 spiro atoms. The first-order chi connectivity index (χ1) is 14.2. The summed E-state index contributed by atoms with van der Waals surface area (Å²) in [5.74, 6) is 4.53. The summed E-state index contributed by atoms with van der Waals surface area (Å²) >= 11 is 8.23. The molecule has 0 unspecified atom stereocenters. The van der Waals surface area contributed by atoms with Gasteiger partial charge in [0.15, 0.2) is 11.5 Å². The lowest BCUT2D eigenvalue weighted by Gasteiger charge is -2.24. The second-order valence-electron chi connectivity index (χ2n) is 7.64. The number of aromatic nitrogens is 2. The number of methoxy groups -OCH3 is 1. The van der Waals surface area contributed by atoms with Gasteiger partial charge in [0.1, 0.15) is 5.82 Å². The van der Waals surface area contributed by atoms with Crippen LogP contribution < -0.4 is 14.8 Å². The van der Waals surface area contributed by atoms with Crippen molar-refractivity contribution >= 4 is 40.1 Å². The van der Waals surface area contributed by atoms with Crippen LogP contribution in [-0.4, -0.2) is 65.8 Å². The van der Waals surface area contributed by atoms with Gasteiger partial charge in [0.05, 0.1) is 19.2 Å². The number of fused-ring (bicyclic) bond motifs is 1. The van der Waals surface area contributed by atoms with Crippen LogP contribution in [0.2, 0.25) is 5.28 Å². The Bertz CT molecular complexity index is 826. The van der Waals surface area contributed by atoms with Gasteiger partial charge < -0.3 is 19.7 Å². The Morgan fingerprint density at radius 2 is 1.97 bits per heavy atom. The van der Waals surface area contributed by atoms with E-state index in [9.17, 15) is 0 Å². The molecule has 0 radical (unpaired) electrons. The smallest absolute Gasteiger partial charge is 0.224 e. The first-order valence-electron chi connectivity index (χ1n) is 10.5. The van der Waals surface area contributed by atoms with Crippen molar-refractivity contribution in [3.05, 3.63) is 17.4 Å². The third-order valence-corrected chi connectivity index (χ3v) is 6.81. The number of rotatable bonds is 8. The molecule has 3 heterocycles. The SMILES string of the molecule is COc1cc2c(NC3CCSCC3)nc(Cl)nc2cc1OCCCN1CCCC1. The van der Waals surface area contributed by atoms with E-state index in [4.69, 9.17) is 21.1 Å². The summed E-state index contributed by atoms with van der Waals surface area (Å²) in [6.45, 7) is 4.16. The minimum absolute atomic E-state index is 0.246. The molecule has 0 atom stereocenters. The van der Waals surface area contributed by atoms with Gasteiger partial charge in [-0.15, -0.1) is 0 Å². The number of likely N-dealkylation sites (tertiary alicyclic amines) is 1. The molecule has 158 valence electrons. The Morgan fingerprint density at radius 3 is 2.72 bits per heavy atom. The Balaban J connectivity index is 1.49. The zero-order valence-corrected chi connectivity index (χ0v) is 18.5. The molecule has 1 aromatic heterocycles. The molecular formula is C21H29ClN4O2S. The quantitative estimate of drug-likeness (QED) is 0.484. The van der Waals surface area contributed by atoms with E-state index < -0.39 is 0 Å². The maximum absolute atomic E-state index is 6.22. The molecule has 29 heavy (non-hydrogen) atoms. The van der Waals surface area contributed by atoms with E-state index in [2.05, 4.69) is 20.2 Å². The molecule has 2 aromatic rings. The van der Waals surface area contributed by atoms with Crippen LogP contribution in [0.15, 0.2) is 12.1 Å². The minimum Gasteiger partial charge on any atom is -0.493 e. The Morgan fingerprint density at radius 1 is 1.17 bits per heavy atom. The lowest BCUT2D eigenvalue weighted by atomic mass is 10.1. The fourth-order valence-corrected chi connectivity index (χ4v) is 5.28. The van der Waals surface area contributed by atoms with Gasteiger partial charge >= 0.3 is 0 Å². The highest BCUT2D eigenvalue weighted by atomic mass is 35.5. The average molecular weight is 437 g/mol. The molecule has 1 N–H and O–H groups in total. The normalized spacial score (nSPS) is 18.3. The van der Waals surface area contributed by atoms with Crippen LogP contribution >= 0.6 is 23.4 Å². The predicted octanol–water partition coefficient (Wildman–Crippen LogP) is 4.46. The van der Waals surface area contributed by atoms with Crippen molar-refractivity contribution in [1.82, 2.24) is 14.9 Å². The van der Waals surface area contributed by atoms with Crippen LogP contribution in [0.5, 0.6) is 11.5 Å². The van der Waals surface area contributed by atoms with Crippen molar-refractivity contribution in [2.45, 2.75) is 38.1 Å². The number of thioether (sulfide) groups is 1. The van der Waals surface area contributed by atoms with Crippen LogP contribution in [0, 0.1) is 0 Å². The molecule has 6 nitrogen and oxygen atoms in total. The zero-order chi connectivity index (χ0) is 20.1. The molecule has 0 amide bonds. The van der Waals surface area contributed by atoms with Gasteiger partial charge in [0.25, 0.3) is 0 Å². The Labute approximate surface area is 181 Å². The average Bonchev–Trinajstić information content (AvgIpc) is 3.25. The highest BCUT2D eigenvalue weighted by Crippen LogP contribution is 2.35. The van der Waals surface area contributed by atoms with Crippen molar-refractivity contribution < 1.29 is 9.47 Å². The number of hydrogen-bond donors (Lipinski definition) is 1. The number of hydrogen-bond acceptors (Lipinski definition) is 7. The van der Waals surface area contributed by atoms with E-state index in [-0.39, 0.29) is 5.28 Å². The molecule has 1 aromatic carbocycles. The molecular weight excluding hydrogens is 408 g/mol. The van der Waals surface area contributed by atoms with Crippen LogP contribution in [0.3, 0.4) is 0 Å². The topological polar surface area (TPSA) is 59.5 Å². The van der Waals surface area contributed by atoms with Crippen LogP contribution in [0.25, 0.3) is 10.9 Å². The second-order valence-corrected chi connectivity index (χ2v) is 9.21. The summed E-state index contributed by atoms with van der Waals surface area (Å²) < 4.78 is 11.7. The minimum atomic E-state index is 0.246. The first kappa shape index (κ1) is 20.8. The fraction of sp³-hybridized carbons (Fsp3) is 0.619. The van der Waals surface area contributed by atoms with Crippen LogP contribution in [-0.2, 0) is 0 Å². The highest BCUT2D eigenvalue weighted by molar-refractivity contribution is 7.99. The maximum Gasteiger partial charge on any atom is 0.224 e. The van der Waals surface area contributed by atoms with Crippen molar-refractivity contribution in [3.8, 4) is 11.5 Å². The number of anilines is 1. The van der Waals surface area contributed by atoms with Gasteiger partial charge in [-0.05, 0) is 74.4 Å². The van der Waals surface area contributed by atoms with E-state index in [1.807, 2.05) is 23.9 Å². The number of nitrogens with one attached hydrogen (secondary N) is 1. The molecule has 4 rings (SSSR count). The van der Waals surface area contributed by atoms with E-state index in [1.165, 1.54) is 37.4 Å². The summed E-state index contributed by atoms with van der Waals surface area (Å²) in [6.07, 6.45) is 5.89. The molecule has 0 bridgehead atoms. The predicted molar refractivity (Wildman–Crippen MR) is 121 cm³/mol. The lowest BCUT2D eigenvalue weighted by molar-refractivity contribution is 0.254. The highest BCUT2D eigenvalue weighted by Gasteiger charge is 2.18. The third-order valence-electron chi connectivity index (χ3n) is 5.59. The number of halogens is 1. The van der Waals surface area contributed by atoms with E-state index >= 15 is 0 Å². The molecule has 0 saturated carbocycles. The molecule has 2 fully saturated rings. The fourth-order valence-electron chi connectivity index (χ4n) is 4.00. The van der Waals surface area contributed by atoms with E-state index in [1.54, 1.807) is 7.11 Å². The summed E-state index contributed by atoms with van der Waals surface area (Å²) in [5, 5.41) is 4.72. The summed E-state index contributed by atoms with van der Waals surface area (Å²) in [7, 11) is 1.67. The van der Waals surface area contributed by atoms with Gasteiger partial charge in [-0.2, -0.15) is 11.8 Å². The summed E-state index contributed by atoms with van der Waals surface area (Å²) in [4.78, 5) is 11.4.